The van der Waals surface area contributed by atoms with Crippen molar-refractivity contribution in [2.45, 2.75) is 37.8 Å². The van der Waals surface area contributed by atoms with E-state index in [1.807, 2.05) is 17.5 Å². The molecule has 3 amide bonds. The van der Waals surface area contributed by atoms with Crippen LogP contribution < -0.4 is 15.5 Å². The highest BCUT2D eigenvalue weighted by molar-refractivity contribution is 7.12. The van der Waals surface area contributed by atoms with Gasteiger partial charge in [-0.15, -0.1) is 22.7 Å². The van der Waals surface area contributed by atoms with Gasteiger partial charge in [-0.2, -0.15) is 0 Å². The summed E-state index contributed by atoms with van der Waals surface area (Å²) in [6, 6.07) is 9.94. The van der Waals surface area contributed by atoms with Crippen LogP contribution in [0.4, 0.5) is 5.69 Å². The van der Waals surface area contributed by atoms with Crippen molar-refractivity contribution in [3.8, 4) is 0 Å². The van der Waals surface area contributed by atoms with Crippen molar-refractivity contribution in [3.63, 3.8) is 0 Å². The molecule has 166 valence electrons. The Balaban J connectivity index is 1.61. The molecule has 0 saturated heterocycles. The van der Waals surface area contributed by atoms with Gasteiger partial charge in [-0.25, -0.2) is 0 Å². The third kappa shape index (κ3) is 5.23. The molecule has 9 heteroatoms. The monoisotopic (exact) mass is 468 g/mol. The fourth-order valence-corrected chi connectivity index (χ4v) is 5.29. The largest absolute Gasteiger partial charge is 0.351 e. The van der Waals surface area contributed by atoms with Gasteiger partial charge < -0.3 is 10.6 Å². The zero-order chi connectivity index (χ0) is 22.3. The van der Waals surface area contributed by atoms with E-state index in [0.717, 1.165) is 30.6 Å². The zero-order valence-corrected chi connectivity index (χ0v) is 19.0. The fourth-order valence-electron chi connectivity index (χ4n) is 3.84. The van der Waals surface area contributed by atoms with E-state index < -0.39 is 6.04 Å². The summed E-state index contributed by atoms with van der Waals surface area (Å²) in [6.45, 7) is -0.232. The fraction of sp³-hybridized carbons (Fsp3) is 0.304. The van der Waals surface area contributed by atoms with Crippen LogP contribution in [0.1, 0.15) is 46.3 Å². The average molecular weight is 469 g/mol. The number of nitrogens with zero attached hydrogens (tertiary/aromatic N) is 2. The first-order valence-electron chi connectivity index (χ1n) is 10.5. The van der Waals surface area contributed by atoms with Crippen molar-refractivity contribution in [2.24, 2.45) is 0 Å². The number of hydrogen-bond donors (Lipinski definition) is 2. The zero-order valence-electron chi connectivity index (χ0n) is 17.4. The van der Waals surface area contributed by atoms with E-state index in [1.165, 1.54) is 27.6 Å². The first kappa shape index (κ1) is 22.2. The van der Waals surface area contributed by atoms with Gasteiger partial charge in [0.25, 0.3) is 5.91 Å². The lowest BCUT2D eigenvalue weighted by Crippen LogP contribution is -2.49. The second-order valence-corrected chi connectivity index (χ2v) is 9.47. The van der Waals surface area contributed by atoms with Crippen molar-refractivity contribution in [2.75, 3.05) is 11.4 Å². The third-order valence-corrected chi connectivity index (χ3v) is 7.15. The molecule has 1 atom stereocenters. The van der Waals surface area contributed by atoms with Crippen molar-refractivity contribution >= 4 is 46.1 Å². The second kappa shape index (κ2) is 10.5. The van der Waals surface area contributed by atoms with Crippen LogP contribution in [0, 0.1) is 0 Å². The molecule has 3 heterocycles. The average Bonchev–Trinajstić information content (AvgIpc) is 3.59. The van der Waals surface area contributed by atoms with Crippen LogP contribution in [0.5, 0.6) is 0 Å². The van der Waals surface area contributed by atoms with Gasteiger partial charge in [0.15, 0.2) is 0 Å². The number of aromatic nitrogens is 1. The first-order chi connectivity index (χ1) is 15.6. The van der Waals surface area contributed by atoms with Crippen LogP contribution in [0.2, 0.25) is 0 Å². The topological polar surface area (TPSA) is 91.4 Å². The van der Waals surface area contributed by atoms with E-state index in [0.29, 0.717) is 10.6 Å². The van der Waals surface area contributed by atoms with Crippen LogP contribution in [-0.4, -0.2) is 35.3 Å². The highest BCUT2D eigenvalue weighted by Crippen LogP contribution is 2.31. The van der Waals surface area contributed by atoms with Gasteiger partial charge in [-0.1, -0.05) is 25.0 Å². The maximum Gasteiger partial charge on any atom is 0.261 e. The van der Waals surface area contributed by atoms with Gasteiger partial charge in [0, 0.05) is 17.1 Å². The van der Waals surface area contributed by atoms with Crippen LogP contribution in [-0.2, 0) is 9.59 Å². The van der Waals surface area contributed by atoms with Crippen LogP contribution in [0.25, 0.3) is 0 Å². The summed E-state index contributed by atoms with van der Waals surface area (Å²) in [7, 11) is 0. The molecule has 0 radical (unpaired) electrons. The lowest BCUT2D eigenvalue weighted by atomic mass is 10.1. The molecule has 7 nitrogen and oxygen atoms in total. The van der Waals surface area contributed by atoms with E-state index >= 15 is 0 Å². The molecule has 3 aromatic rings. The molecule has 0 aliphatic heterocycles. The van der Waals surface area contributed by atoms with E-state index in [9.17, 15) is 14.4 Å². The van der Waals surface area contributed by atoms with Gasteiger partial charge in [-0.3, -0.25) is 24.3 Å². The molecule has 3 aromatic heterocycles. The van der Waals surface area contributed by atoms with Crippen LogP contribution in [0.3, 0.4) is 0 Å². The molecular formula is C23H24N4O3S2. The van der Waals surface area contributed by atoms with E-state index in [1.54, 1.807) is 42.0 Å². The molecule has 32 heavy (non-hydrogen) atoms. The summed E-state index contributed by atoms with van der Waals surface area (Å²) in [5, 5.41) is 9.50. The maximum absolute atomic E-state index is 13.4. The van der Waals surface area contributed by atoms with Crippen LogP contribution in [0.15, 0.2) is 59.6 Å². The van der Waals surface area contributed by atoms with E-state index in [4.69, 9.17) is 0 Å². The number of pyridine rings is 1. The molecular weight excluding hydrogens is 444 g/mol. The van der Waals surface area contributed by atoms with Crippen molar-refractivity contribution in [3.05, 3.63) is 69.3 Å². The van der Waals surface area contributed by atoms with Gasteiger partial charge in [0.05, 0.1) is 23.3 Å². The normalized spacial score (nSPS) is 14.6. The molecule has 1 saturated carbocycles. The maximum atomic E-state index is 13.4. The van der Waals surface area contributed by atoms with Crippen molar-refractivity contribution < 1.29 is 14.4 Å². The Morgan fingerprint density at radius 3 is 2.50 bits per heavy atom. The smallest absolute Gasteiger partial charge is 0.261 e. The Morgan fingerprint density at radius 1 is 1.06 bits per heavy atom. The predicted octanol–water partition coefficient (Wildman–Crippen LogP) is 3.77. The minimum Gasteiger partial charge on any atom is -0.351 e. The van der Waals surface area contributed by atoms with Crippen molar-refractivity contribution in [1.82, 2.24) is 15.6 Å². The molecule has 0 spiro atoms. The minimum atomic E-state index is -0.842. The van der Waals surface area contributed by atoms with Gasteiger partial charge in [0.2, 0.25) is 11.8 Å². The molecule has 0 bridgehead atoms. The number of nitrogens with one attached hydrogen (secondary N) is 2. The summed E-state index contributed by atoms with van der Waals surface area (Å²) in [6.07, 6.45) is 7.25. The Bertz CT molecular complexity index is 1030. The number of amides is 3. The lowest BCUT2D eigenvalue weighted by Gasteiger charge is -2.31. The predicted molar refractivity (Wildman–Crippen MR) is 126 cm³/mol. The third-order valence-electron chi connectivity index (χ3n) is 5.36. The first-order valence-corrected chi connectivity index (χ1v) is 12.3. The Morgan fingerprint density at radius 2 is 1.84 bits per heavy atom. The summed E-state index contributed by atoms with van der Waals surface area (Å²) in [5.74, 6) is -0.924. The number of anilines is 1. The Hall–Kier alpha value is -3.04. The van der Waals surface area contributed by atoms with E-state index in [2.05, 4.69) is 15.6 Å². The SMILES string of the molecule is O=C(NCC(=O)N(c1cccnc1)[C@@H](C(=O)NC1CCCC1)c1cccs1)c1cccs1. The minimum absolute atomic E-state index is 0.120. The molecule has 4 rings (SSSR count). The molecule has 1 aliphatic rings. The quantitative estimate of drug-likeness (QED) is 0.527. The molecule has 0 aromatic carbocycles. The standard InChI is InChI=1S/C23H24N4O3S2/c28-20(15-25-22(29)19-10-5-13-32-19)27(17-8-3-11-24-14-17)21(18-9-4-12-31-18)23(30)26-16-6-1-2-7-16/h3-5,8-14,16,21H,1-2,6-7,15H2,(H,25,29)(H,26,30)/t21-/m1/s1. The summed E-state index contributed by atoms with van der Waals surface area (Å²) < 4.78 is 0. The molecule has 0 unspecified atom stereocenters. The number of rotatable bonds is 8. The number of carbonyl (C=O) groups is 3. The molecule has 1 fully saturated rings. The molecule has 2 N–H and O–H groups in total. The highest BCUT2D eigenvalue weighted by Gasteiger charge is 2.35. The number of carbonyl (C=O) groups excluding carboxylic acids is 3. The van der Waals surface area contributed by atoms with Crippen molar-refractivity contribution in [1.29, 1.82) is 0 Å². The van der Waals surface area contributed by atoms with Gasteiger partial charge in [0.1, 0.15) is 6.04 Å². The number of thiophene rings is 2. The van der Waals surface area contributed by atoms with E-state index in [-0.39, 0.29) is 30.3 Å². The Kier molecular flexibility index (Phi) is 7.28. The highest BCUT2D eigenvalue weighted by atomic mass is 32.1. The molecule has 1 aliphatic carbocycles. The van der Waals surface area contributed by atoms with Gasteiger partial charge in [-0.05, 0) is 47.9 Å². The summed E-state index contributed by atoms with van der Waals surface area (Å²) in [4.78, 5) is 46.1. The Labute approximate surface area is 194 Å². The van der Waals surface area contributed by atoms with Crippen LogP contribution >= 0.6 is 22.7 Å². The summed E-state index contributed by atoms with van der Waals surface area (Å²) in [5.41, 5.74) is 0.503. The second-order valence-electron chi connectivity index (χ2n) is 7.54. The lowest BCUT2D eigenvalue weighted by molar-refractivity contribution is -0.126. The summed E-state index contributed by atoms with van der Waals surface area (Å²) >= 11 is 2.72. The number of hydrogen-bond acceptors (Lipinski definition) is 6. The van der Waals surface area contributed by atoms with Gasteiger partial charge >= 0.3 is 0 Å².